The Labute approximate surface area is 98.3 Å². The number of aryl methyl sites for hydroxylation is 2. The fraction of sp³-hybridized carbons (Fsp3) is 0.154. The summed E-state index contributed by atoms with van der Waals surface area (Å²) in [7, 11) is 0. The van der Waals surface area contributed by atoms with Gasteiger partial charge in [0, 0.05) is 16.2 Å². The number of aromatic nitrogens is 1. The van der Waals surface area contributed by atoms with Gasteiger partial charge in [-0.1, -0.05) is 29.8 Å². The van der Waals surface area contributed by atoms with Crippen LogP contribution in [0.25, 0.3) is 11.3 Å². The Morgan fingerprint density at radius 1 is 1.00 bits per heavy atom. The smallest absolute Gasteiger partial charge is 0.0844 e. The van der Waals surface area contributed by atoms with Crippen molar-refractivity contribution in [2.45, 2.75) is 13.8 Å². The quantitative estimate of drug-likeness (QED) is 0.753. The van der Waals surface area contributed by atoms with Crippen LogP contribution in [-0.2, 0) is 0 Å². The molecule has 0 amide bonds. The average molecular weight is 262 g/mol. The van der Waals surface area contributed by atoms with Gasteiger partial charge in [-0.15, -0.1) is 0 Å². The number of hydrogen-bond acceptors (Lipinski definition) is 1. The van der Waals surface area contributed by atoms with E-state index >= 15 is 0 Å². The van der Waals surface area contributed by atoms with Gasteiger partial charge in [0.1, 0.15) is 0 Å². The molecular weight excluding hydrogens is 250 g/mol. The van der Waals surface area contributed by atoms with Crippen molar-refractivity contribution in [3.05, 3.63) is 52.1 Å². The first-order valence-corrected chi connectivity index (χ1v) is 5.65. The van der Waals surface area contributed by atoms with E-state index in [0.717, 1.165) is 21.3 Å². The molecule has 76 valence electrons. The molecular formula is C13H12BrN. The Morgan fingerprint density at radius 2 is 1.67 bits per heavy atom. The van der Waals surface area contributed by atoms with Crippen molar-refractivity contribution in [1.82, 2.24) is 4.98 Å². The zero-order chi connectivity index (χ0) is 10.8. The van der Waals surface area contributed by atoms with E-state index in [1.807, 2.05) is 13.1 Å². The van der Waals surface area contributed by atoms with Crippen molar-refractivity contribution >= 4 is 15.9 Å². The van der Waals surface area contributed by atoms with Crippen LogP contribution in [0.4, 0.5) is 0 Å². The second kappa shape index (κ2) is 4.15. The van der Waals surface area contributed by atoms with Gasteiger partial charge in [-0.2, -0.15) is 0 Å². The number of nitrogens with zero attached hydrogens (tertiary/aromatic N) is 1. The van der Waals surface area contributed by atoms with E-state index in [4.69, 9.17) is 0 Å². The number of halogens is 1. The van der Waals surface area contributed by atoms with Crippen molar-refractivity contribution in [1.29, 1.82) is 0 Å². The molecule has 2 rings (SSSR count). The lowest BCUT2D eigenvalue weighted by molar-refractivity contribution is 1.25. The molecule has 0 bridgehead atoms. The molecule has 2 heteroatoms. The summed E-state index contributed by atoms with van der Waals surface area (Å²) in [5.74, 6) is 0. The minimum Gasteiger partial charge on any atom is -0.255 e. The largest absolute Gasteiger partial charge is 0.255 e. The van der Waals surface area contributed by atoms with Crippen molar-refractivity contribution in [3.63, 3.8) is 0 Å². The highest BCUT2D eigenvalue weighted by atomic mass is 79.9. The number of rotatable bonds is 1. The van der Waals surface area contributed by atoms with Gasteiger partial charge in [0.05, 0.1) is 5.69 Å². The van der Waals surface area contributed by atoms with E-state index in [2.05, 4.69) is 58.2 Å². The molecule has 1 aromatic heterocycles. The lowest BCUT2D eigenvalue weighted by Crippen LogP contribution is -1.86. The Balaban J connectivity index is 2.49. The first-order chi connectivity index (χ1) is 7.16. The van der Waals surface area contributed by atoms with Crippen LogP contribution >= 0.6 is 15.9 Å². The summed E-state index contributed by atoms with van der Waals surface area (Å²) in [4.78, 5) is 4.43. The summed E-state index contributed by atoms with van der Waals surface area (Å²) in [5, 5.41) is 0. The predicted octanol–water partition coefficient (Wildman–Crippen LogP) is 4.13. The highest BCUT2D eigenvalue weighted by Crippen LogP contribution is 2.26. The molecule has 2 aromatic rings. The fourth-order valence-electron chi connectivity index (χ4n) is 1.46. The topological polar surface area (TPSA) is 12.9 Å². The van der Waals surface area contributed by atoms with Gasteiger partial charge in [0.2, 0.25) is 0 Å². The zero-order valence-corrected chi connectivity index (χ0v) is 10.4. The van der Waals surface area contributed by atoms with Gasteiger partial charge in [0.15, 0.2) is 0 Å². The lowest BCUT2D eigenvalue weighted by atomic mass is 10.1. The second-order valence-electron chi connectivity index (χ2n) is 3.71. The van der Waals surface area contributed by atoms with E-state index in [-0.39, 0.29) is 0 Å². The molecule has 0 radical (unpaired) electrons. The monoisotopic (exact) mass is 261 g/mol. The third-order valence-corrected chi connectivity index (χ3v) is 2.91. The van der Waals surface area contributed by atoms with E-state index in [9.17, 15) is 0 Å². The minimum atomic E-state index is 1.00. The molecule has 0 atom stereocenters. The van der Waals surface area contributed by atoms with Crippen molar-refractivity contribution in [2.24, 2.45) is 0 Å². The summed E-state index contributed by atoms with van der Waals surface area (Å²) in [5.41, 5.74) is 4.58. The average Bonchev–Trinajstić information content (AvgIpc) is 2.20. The number of pyridine rings is 1. The molecule has 0 N–H and O–H groups in total. The molecule has 0 unspecified atom stereocenters. The summed E-state index contributed by atoms with van der Waals surface area (Å²) >= 11 is 3.54. The highest BCUT2D eigenvalue weighted by Gasteiger charge is 2.03. The Bertz CT molecular complexity index is 474. The lowest BCUT2D eigenvalue weighted by Gasteiger charge is -2.04. The Morgan fingerprint density at radius 3 is 2.27 bits per heavy atom. The summed E-state index contributed by atoms with van der Waals surface area (Å²) in [6.45, 7) is 4.12. The molecule has 0 aliphatic heterocycles. The van der Waals surface area contributed by atoms with Crippen LogP contribution in [-0.4, -0.2) is 4.98 Å². The molecule has 0 aliphatic carbocycles. The van der Waals surface area contributed by atoms with Crippen molar-refractivity contribution < 1.29 is 0 Å². The molecule has 0 spiro atoms. The normalized spacial score (nSPS) is 10.3. The predicted molar refractivity (Wildman–Crippen MR) is 66.8 cm³/mol. The molecule has 0 aliphatic rings. The fourth-order valence-corrected chi connectivity index (χ4v) is 2.15. The first-order valence-electron chi connectivity index (χ1n) is 4.86. The minimum absolute atomic E-state index is 1.00. The zero-order valence-electron chi connectivity index (χ0n) is 8.79. The van der Waals surface area contributed by atoms with Crippen LogP contribution in [0.15, 0.2) is 41.0 Å². The molecule has 0 saturated heterocycles. The van der Waals surface area contributed by atoms with Crippen LogP contribution in [0.3, 0.4) is 0 Å². The number of benzene rings is 1. The summed E-state index contributed by atoms with van der Waals surface area (Å²) < 4.78 is 1.05. The third kappa shape index (κ3) is 2.26. The second-order valence-corrected chi connectivity index (χ2v) is 4.56. The Hall–Kier alpha value is -1.15. The van der Waals surface area contributed by atoms with Gasteiger partial charge < -0.3 is 0 Å². The highest BCUT2D eigenvalue weighted by molar-refractivity contribution is 9.10. The molecule has 0 saturated carbocycles. The van der Waals surface area contributed by atoms with E-state index < -0.39 is 0 Å². The van der Waals surface area contributed by atoms with Gasteiger partial charge in [-0.3, -0.25) is 4.98 Å². The van der Waals surface area contributed by atoms with E-state index in [1.165, 1.54) is 5.56 Å². The molecule has 1 nitrogen and oxygen atoms in total. The van der Waals surface area contributed by atoms with Crippen molar-refractivity contribution in [3.8, 4) is 11.3 Å². The van der Waals surface area contributed by atoms with Crippen LogP contribution in [0.1, 0.15) is 11.1 Å². The molecule has 1 heterocycles. The molecule has 0 fully saturated rings. The first kappa shape index (κ1) is 10.4. The maximum absolute atomic E-state index is 4.43. The van der Waals surface area contributed by atoms with E-state index in [1.54, 1.807) is 0 Å². The van der Waals surface area contributed by atoms with Gasteiger partial charge >= 0.3 is 0 Å². The molecule has 1 aromatic carbocycles. The maximum Gasteiger partial charge on any atom is 0.0844 e. The summed E-state index contributed by atoms with van der Waals surface area (Å²) in [6.07, 6.45) is 1.89. The standard InChI is InChI=1S/C13H12BrN/c1-9-3-5-11(6-4-9)13-12(14)7-10(2)8-15-13/h3-8H,1-2H3. The van der Waals surface area contributed by atoms with E-state index in [0.29, 0.717) is 0 Å². The van der Waals surface area contributed by atoms with Crippen LogP contribution in [0.5, 0.6) is 0 Å². The SMILES string of the molecule is Cc1ccc(-c2ncc(C)cc2Br)cc1. The van der Waals surface area contributed by atoms with Crippen LogP contribution in [0.2, 0.25) is 0 Å². The van der Waals surface area contributed by atoms with Gasteiger partial charge in [0.25, 0.3) is 0 Å². The van der Waals surface area contributed by atoms with Crippen LogP contribution < -0.4 is 0 Å². The van der Waals surface area contributed by atoms with Crippen molar-refractivity contribution in [2.75, 3.05) is 0 Å². The molecule has 15 heavy (non-hydrogen) atoms. The Kier molecular flexibility index (Phi) is 2.87. The van der Waals surface area contributed by atoms with Gasteiger partial charge in [-0.25, -0.2) is 0 Å². The summed E-state index contributed by atoms with van der Waals surface area (Å²) in [6, 6.07) is 10.5. The maximum atomic E-state index is 4.43. The van der Waals surface area contributed by atoms with Gasteiger partial charge in [-0.05, 0) is 41.4 Å². The number of hydrogen-bond donors (Lipinski definition) is 0. The van der Waals surface area contributed by atoms with Crippen LogP contribution in [0, 0.1) is 13.8 Å². The third-order valence-electron chi connectivity index (χ3n) is 2.30.